The Bertz CT molecular complexity index is 463. The second kappa shape index (κ2) is 5.74. The van der Waals surface area contributed by atoms with Gasteiger partial charge in [0.25, 0.3) is 0 Å². The van der Waals surface area contributed by atoms with Crippen LogP contribution in [0.3, 0.4) is 0 Å². The van der Waals surface area contributed by atoms with E-state index in [0.717, 1.165) is 56.3 Å². The van der Waals surface area contributed by atoms with Crippen LogP contribution in [0.4, 0.5) is 0 Å². The maximum Gasteiger partial charge on any atom is 0.119 e. The van der Waals surface area contributed by atoms with Gasteiger partial charge in [0.05, 0.1) is 11.7 Å². The molecule has 1 atom stereocenters. The standard InChI is InChI=1S/C17H24O3/c18-16-6-4-5-13-7-8-14(11-15(13)16)20-12-17(19)9-2-1-3-10-17/h7-8,11,16,18-19H,1-6,9-10,12H2/t16-/m0/s1. The second-order valence-corrected chi connectivity index (χ2v) is 6.34. The molecule has 2 N–H and O–H groups in total. The Balaban J connectivity index is 1.67. The van der Waals surface area contributed by atoms with Gasteiger partial charge in [0.1, 0.15) is 12.4 Å². The van der Waals surface area contributed by atoms with Crippen LogP contribution in [0.1, 0.15) is 62.2 Å². The summed E-state index contributed by atoms with van der Waals surface area (Å²) in [6.45, 7) is 0.363. The van der Waals surface area contributed by atoms with Crippen molar-refractivity contribution in [3.63, 3.8) is 0 Å². The van der Waals surface area contributed by atoms with Crippen LogP contribution in [0.15, 0.2) is 18.2 Å². The Morgan fingerprint density at radius 1 is 1.15 bits per heavy atom. The van der Waals surface area contributed by atoms with Crippen molar-refractivity contribution >= 4 is 0 Å². The molecule has 2 aliphatic carbocycles. The van der Waals surface area contributed by atoms with Gasteiger partial charge in [-0.15, -0.1) is 0 Å². The number of fused-ring (bicyclic) bond motifs is 1. The molecule has 0 bridgehead atoms. The molecule has 0 heterocycles. The molecule has 0 aliphatic heterocycles. The molecule has 20 heavy (non-hydrogen) atoms. The van der Waals surface area contributed by atoms with Crippen molar-refractivity contribution in [2.75, 3.05) is 6.61 Å². The number of hydrogen-bond donors (Lipinski definition) is 2. The highest BCUT2D eigenvalue weighted by molar-refractivity contribution is 5.38. The molecule has 0 spiro atoms. The summed E-state index contributed by atoms with van der Waals surface area (Å²) in [5.74, 6) is 0.767. The number of ether oxygens (including phenoxy) is 1. The predicted molar refractivity (Wildman–Crippen MR) is 77.9 cm³/mol. The average Bonchev–Trinajstić information content (AvgIpc) is 2.47. The Kier molecular flexibility index (Phi) is 3.99. The molecule has 3 rings (SSSR count). The molecule has 0 radical (unpaired) electrons. The Morgan fingerprint density at radius 3 is 2.75 bits per heavy atom. The molecule has 110 valence electrons. The molecule has 2 aliphatic rings. The van der Waals surface area contributed by atoms with Crippen LogP contribution in [-0.4, -0.2) is 22.4 Å². The van der Waals surface area contributed by atoms with E-state index in [2.05, 4.69) is 6.07 Å². The summed E-state index contributed by atoms with van der Waals surface area (Å²) in [4.78, 5) is 0. The normalized spacial score (nSPS) is 25.0. The zero-order valence-electron chi connectivity index (χ0n) is 12.0. The molecule has 0 saturated heterocycles. The largest absolute Gasteiger partial charge is 0.491 e. The van der Waals surface area contributed by atoms with E-state index in [1.807, 2.05) is 12.1 Å². The van der Waals surface area contributed by atoms with Crippen LogP contribution in [-0.2, 0) is 6.42 Å². The zero-order chi connectivity index (χ0) is 14.0. The van der Waals surface area contributed by atoms with Crippen LogP contribution >= 0.6 is 0 Å². The highest BCUT2D eigenvalue weighted by Crippen LogP contribution is 2.33. The van der Waals surface area contributed by atoms with Gasteiger partial charge in [-0.2, -0.15) is 0 Å². The van der Waals surface area contributed by atoms with Crippen LogP contribution in [0, 0.1) is 0 Å². The Labute approximate surface area is 120 Å². The fourth-order valence-electron chi connectivity index (χ4n) is 3.41. The lowest BCUT2D eigenvalue weighted by Gasteiger charge is -2.32. The smallest absolute Gasteiger partial charge is 0.119 e. The zero-order valence-corrected chi connectivity index (χ0v) is 12.0. The fourth-order valence-corrected chi connectivity index (χ4v) is 3.41. The van der Waals surface area contributed by atoms with E-state index < -0.39 is 5.60 Å². The van der Waals surface area contributed by atoms with Crippen molar-refractivity contribution in [1.82, 2.24) is 0 Å². The van der Waals surface area contributed by atoms with Gasteiger partial charge in [-0.05, 0) is 55.4 Å². The number of hydrogen-bond acceptors (Lipinski definition) is 3. The summed E-state index contributed by atoms with van der Waals surface area (Å²) < 4.78 is 5.80. The lowest BCUT2D eigenvalue weighted by Crippen LogP contribution is -2.37. The highest BCUT2D eigenvalue weighted by atomic mass is 16.5. The lowest BCUT2D eigenvalue weighted by molar-refractivity contribution is -0.0339. The van der Waals surface area contributed by atoms with Gasteiger partial charge >= 0.3 is 0 Å². The van der Waals surface area contributed by atoms with Crippen LogP contribution in [0.2, 0.25) is 0 Å². The minimum Gasteiger partial charge on any atom is -0.491 e. The Hall–Kier alpha value is -1.06. The van der Waals surface area contributed by atoms with Gasteiger partial charge in [0.15, 0.2) is 0 Å². The summed E-state index contributed by atoms with van der Waals surface area (Å²) in [7, 11) is 0. The first-order valence-corrected chi connectivity index (χ1v) is 7.82. The molecular weight excluding hydrogens is 252 g/mol. The van der Waals surface area contributed by atoms with Crippen LogP contribution in [0.25, 0.3) is 0 Å². The van der Waals surface area contributed by atoms with Gasteiger partial charge in [-0.25, -0.2) is 0 Å². The molecule has 3 nitrogen and oxygen atoms in total. The summed E-state index contributed by atoms with van der Waals surface area (Å²) in [6, 6.07) is 5.96. The first-order valence-electron chi connectivity index (χ1n) is 7.82. The van der Waals surface area contributed by atoms with Crippen molar-refractivity contribution in [2.24, 2.45) is 0 Å². The van der Waals surface area contributed by atoms with Crippen molar-refractivity contribution in [1.29, 1.82) is 0 Å². The van der Waals surface area contributed by atoms with Crippen molar-refractivity contribution < 1.29 is 14.9 Å². The van der Waals surface area contributed by atoms with E-state index in [0.29, 0.717) is 6.61 Å². The molecular formula is C17H24O3. The van der Waals surface area contributed by atoms with E-state index in [4.69, 9.17) is 4.74 Å². The maximum absolute atomic E-state index is 10.4. The summed E-state index contributed by atoms with van der Waals surface area (Å²) in [6.07, 6.45) is 7.62. The summed E-state index contributed by atoms with van der Waals surface area (Å²) in [5.41, 5.74) is 1.57. The third-order valence-electron chi connectivity index (χ3n) is 4.69. The molecule has 3 heteroatoms. The number of aliphatic hydroxyl groups is 2. The van der Waals surface area contributed by atoms with E-state index in [-0.39, 0.29) is 6.10 Å². The monoisotopic (exact) mass is 276 g/mol. The van der Waals surface area contributed by atoms with E-state index in [9.17, 15) is 10.2 Å². The second-order valence-electron chi connectivity index (χ2n) is 6.34. The summed E-state index contributed by atoms with van der Waals surface area (Å²) in [5, 5.41) is 20.5. The van der Waals surface area contributed by atoms with Crippen molar-refractivity contribution in [2.45, 2.75) is 63.1 Å². The number of rotatable bonds is 3. The predicted octanol–water partition coefficient (Wildman–Crippen LogP) is 3.13. The SMILES string of the molecule is O[C@H]1CCCc2ccc(OCC3(O)CCCCC3)cc21. The molecule has 1 fully saturated rings. The third-order valence-corrected chi connectivity index (χ3v) is 4.69. The molecule has 1 aromatic carbocycles. The number of aryl methyl sites for hydroxylation is 1. The summed E-state index contributed by atoms with van der Waals surface area (Å²) >= 11 is 0. The van der Waals surface area contributed by atoms with Crippen molar-refractivity contribution in [3.05, 3.63) is 29.3 Å². The third kappa shape index (κ3) is 2.99. The van der Waals surface area contributed by atoms with Gasteiger partial charge < -0.3 is 14.9 Å². The number of aliphatic hydroxyl groups excluding tert-OH is 1. The molecule has 1 saturated carbocycles. The number of benzene rings is 1. The van der Waals surface area contributed by atoms with Gasteiger partial charge in [0.2, 0.25) is 0 Å². The van der Waals surface area contributed by atoms with E-state index in [1.54, 1.807) is 0 Å². The van der Waals surface area contributed by atoms with E-state index >= 15 is 0 Å². The maximum atomic E-state index is 10.4. The van der Waals surface area contributed by atoms with Gasteiger partial charge in [0, 0.05) is 0 Å². The minimum absolute atomic E-state index is 0.361. The van der Waals surface area contributed by atoms with Crippen molar-refractivity contribution in [3.8, 4) is 5.75 Å². The van der Waals surface area contributed by atoms with Crippen LogP contribution < -0.4 is 4.74 Å². The van der Waals surface area contributed by atoms with E-state index in [1.165, 1.54) is 12.0 Å². The topological polar surface area (TPSA) is 49.7 Å². The minimum atomic E-state index is -0.660. The Morgan fingerprint density at radius 2 is 1.95 bits per heavy atom. The first kappa shape index (κ1) is 13.9. The fraction of sp³-hybridized carbons (Fsp3) is 0.647. The quantitative estimate of drug-likeness (QED) is 0.891. The van der Waals surface area contributed by atoms with Gasteiger partial charge in [-0.1, -0.05) is 25.3 Å². The van der Waals surface area contributed by atoms with Gasteiger partial charge in [-0.3, -0.25) is 0 Å². The molecule has 0 unspecified atom stereocenters. The first-order chi connectivity index (χ1) is 9.66. The average molecular weight is 276 g/mol. The lowest BCUT2D eigenvalue weighted by atomic mass is 9.85. The molecule has 0 aromatic heterocycles. The molecule has 0 amide bonds. The highest BCUT2D eigenvalue weighted by Gasteiger charge is 2.30. The van der Waals surface area contributed by atoms with Crippen LogP contribution in [0.5, 0.6) is 5.75 Å². The molecule has 1 aromatic rings.